The van der Waals surface area contributed by atoms with Crippen LogP contribution in [0.5, 0.6) is 0 Å². The number of amidine groups is 1. The van der Waals surface area contributed by atoms with Crippen LogP contribution in [-0.2, 0) is 9.59 Å². The van der Waals surface area contributed by atoms with Crippen LogP contribution in [0, 0.1) is 6.92 Å². The second kappa shape index (κ2) is 12.4. The van der Waals surface area contributed by atoms with Crippen molar-refractivity contribution in [1.82, 2.24) is 9.80 Å². The van der Waals surface area contributed by atoms with Crippen LogP contribution in [0.3, 0.4) is 0 Å². The number of hydrogen-bond acceptors (Lipinski definition) is 6. The van der Waals surface area contributed by atoms with E-state index in [1.54, 1.807) is 17.0 Å². The smallest absolute Gasteiger partial charge is 0.248 e. The molecule has 2 fully saturated rings. The van der Waals surface area contributed by atoms with Crippen molar-refractivity contribution in [2.75, 3.05) is 31.5 Å². The highest BCUT2D eigenvalue weighted by Crippen LogP contribution is 2.24. The highest BCUT2D eigenvalue weighted by atomic mass is 16.3. The summed E-state index contributed by atoms with van der Waals surface area (Å²) in [5.41, 5.74) is 7.49. The third kappa shape index (κ3) is 6.82. The summed E-state index contributed by atoms with van der Waals surface area (Å²) in [6.45, 7) is 3.91. The van der Waals surface area contributed by atoms with Crippen LogP contribution in [0.25, 0.3) is 11.0 Å². The number of rotatable bonds is 8. The summed E-state index contributed by atoms with van der Waals surface area (Å²) in [6, 6.07) is 12.9. The molecule has 1 aromatic heterocycles. The fourth-order valence-corrected chi connectivity index (χ4v) is 5.40. The number of likely N-dealkylation sites (tertiary alicyclic amines) is 2. The molecule has 2 saturated heterocycles. The maximum atomic E-state index is 13.6. The summed E-state index contributed by atoms with van der Waals surface area (Å²) in [5, 5.41) is 4.17. The number of ketones is 1. The molecule has 2 aliphatic rings. The Morgan fingerprint density at radius 3 is 2.41 bits per heavy atom. The first-order chi connectivity index (χ1) is 19.8. The topological polar surface area (TPSA) is 138 Å². The van der Waals surface area contributed by atoms with Gasteiger partial charge in [-0.1, -0.05) is 12.1 Å². The van der Waals surface area contributed by atoms with Crippen LogP contribution in [0.2, 0.25) is 0 Å². The van der Waals surface area contributed by atoms with Gasteiger partial charge in [0.05, 0.1) is 13.0 Å². The number of primary amides is 1. The first kappa shape index (κ1) is 28.1. The monoisotopic (exact) mass is 557 g/mol. The van der Waals surface area contributed by atoms with Crippen molar-refractivity contribution in [2.45, 2.75) is 51.5 Å². The van der Waals surface area contributed by atoms with Gasteiger partial charge in [-0.15, -0.1) is 0 Å². The number of carbonyl (C=O) groups is 4. The molecule has 2 aromatic carbocycles. The van der Waals surface area contributed by atoms with E-state index in [0.29, 0.717) is 35.6 Å². The molecule has 0 aliphatic carbocycles. The van der Waals surface area contributed by atoms with Gasteiger partial charge in [-0.25, -0.2) is 0 Å². The summed E-state index contributed by atoms with van der Waals surface area (Å²) in [4.78, 5) is 59.4. The van der Waals surface area contributed by atoms with Gasteiger partial charge in [0.15, 0.2) is 5.78 Å². The maximum Gasteiger partial charge on any atom is 0.248 e. The molecule has 3 N–H and O–H groups in total. The average molecular weight is 558 g/mol. The summed E-state index contributed by atoms with van der Waals surface area (Å²) >= 11 is 0. The second-order valence-electron chi connectivity index (χ2n) is 10.7. The van der Waals surface area contributed by atoms with E-state index in [4.69, 9.17) is 15.1 Å². The highest BCUT2D eigenvalue weighted by Gasteiger charge is 2.30. The van der Waals surface area contributed by atoms with Crippen molar-refractivity contribution in [3.05, 3.63) is 65.4 Å². The Hall–Kier alpha value is -4.47. The number of carbonyl (C=O) groups excluding carboxylic acids is 4. The molecule has 41 heavy (non-hydrogen) atoms. The highest BCUT2D eigenvalue weighted by molar-refractivity contribution is 6.14. The van der Waals surface area contributed by atoms with Gasteiger partial charge in [-0.05, 0) is 75.4 Å². The number of furan rings is 1. The minimum absolute atomic E-state index is 0.0304. The van der Waals surface area contributed by atoms with Gasteiger partial charge >= 0.3 is 0 Å². The third-order valence-electron chi connectivity index (χ3n) is 7.60. The number of benzene rings is 2. The average Bonchev–Trinajstić information content (AvgIpc) is 3.59. The number of nitrogens with zero attached hydrogens (tertiary/aromatic N) is 3. The largest absolute Gasteiger partial charge is 0.461 e. The van der Waals surface area contributed by atoms with Crippen LogP contribution < -0.4 is 11.1 Å². The fraction of sp³-hybridized carbons (Fsp3) is 0.387. The number of aryl methyl sites for hydroxylation is 1. The van der Waals surface area contributed by atoms with Gasteiger partial charge < -0.3 is 25.3 Å². The van der Waals surface area contributed by atoms with E-state index >= 15 is 0 Å². The Kier molecular flexibility index (Phi) is 8.47. The van der Waals surface area contributed by atoms with Gasteiger partial charge in [0.1, 0.15) is 23.2 Å². The minimum Gasteiger partial charge on any atom is -0.461 e. The Bertz CT molecular complexity index is 1490. The zero-order chi connectivity index (χ0) is 28.9. The van der Waals surface area contributed by atoms with Gasteiger partial charge in [0.2, 0.25) is 17.7 Å². The van der Waals surface area contributed by atoms with Crippen LogP contribution >= 0.6 is 0 Å². The molecule has 5 rings (SSSR count). The quantitative estimate of drug-likeness (QED) is 0.245. The van der Waals surface area contributed by atoms with Crippen LogP contribution in [0.1, 0.15) is 65.0 Å². The molecule has 10 nitrogen and oxygen atoms in total. The molecule has 214 valence electrons. The van der Waals surface area contributed by atoms with Gasteiger partial charge in [0, 0.05) is 41.8 Å². The van der Waals surface area contributed by atoms with E-state index in [2.05, 4.69) is 5.32 Å². The molecule has 0 spiro atoms. The normalized spacial score (nSPS) is 18.0. The molecule has 3 heterocycles. The van der Waals surface area contributed by atoms with Crippen molar-refractivity contribution >= 4 is 46.0 Å². The molecule has 2 aliphatic heterocycles. The zero-order valence-corrected chi connectivity index (χ0v) is 23.2. The van der Waals surface area contributed by atoms with Crippen LogP contribution in [0.4, 0.5) is 5.69 Å². The third-order valence-corrected chi connectivity index (χ3v) is 7.60. The predicted octanol–water partition coefficient (Wildman–Crippen LogP) is 3.93. The van der Waals surface area contributed by atoms with E-state index < -0.39 is 11.9 Å². The molecule has 3 amide bonds. The molecular formula is C31H35N5O5. The Labute approximate surface area is 238 Å². The molecule has 0 bridgehead atoms. The van der Waals surface area contributed by atoms with Crippen molar-refractivity contribution in [3.63, 3.8) is 0 Å². The van der Waals surface area contributed by atoms with Crippen molar-refractivity contribution in [2.24, 2.45) is 10.7 Å². The van der Waals surface area contributed by atoms with Crippen LogP contribution in [0.15, 0.2) is 57.9 Å². The predicted molar refractivity (Wildman–Crippen MR) is 156 cm³/mol. The lowest BCUT2D eigenvalue weighted by atomic mass is 10.0. The van der Waals surface area contributed by atoms with Crippen LogP contribution in [-0.4, -0.2) is 71.4 Å². The molecular weight excluding hydrogens is 522 g/mol. The lowest BCUT2D eigenvalue weighted by Crippen LogP contribution is -2.45. The van der Waals surface area contributed by atoms with Gasteiger partial charge in [-0.3, -0.25) is 24.2 Å². The Morgan fingerprint density at radius 2 is 1.68 bits per heavy atom. The van der Waals surface area contributed by atoms with E-state index in [1.807, 2.05) is 36.1 Å². The number of hydrogen-bond donors (Lipinski definition) is 2. The molecule has 1 atom stereocenters. The molecule has 0 radical (unpaired) electrons. The molecule has 3 aromatic rings. The number of amides is 3. The molecule has 10 heteroatoms. The Morgan fingerprint density at radius 1 is 0.976 bits per heavy atom. The first-order valence-corrected chi connectivity index (χ1v) is 14.1. The van der Waals surface area contributed by atoms with E-state index in [9.17, 15) is 19.2 Å². The second-order valence-corrected chi connectivity index (χ2v) is 10.7. The summed E-state index contributed by atoms with van der Waals surface area (Å²) < 4.78 is 5.68. The van der Waals surface area contributed by atoms with Crippen molar-refractivity contribution < 1.29 is 23.6 Å². The molecule has 0 saturated carbocycles. The number of aliphatic imine (C=N–C) groups is 1. The fourth-order valence-electron chi connectivity index (χ4n) is 5.40. The lowest BCUT2D eigenvalue weighted by Gasteiger charge is -2.25. The van der Waals surface area contributed by atoms with Gasteiger partial charge in [0.25, 0.3) is 0 Å². The maximum absolute atomic E-state index is 13.6. The summed E-state index contributed by atoms with van der Waals surface area (Å²) in [6.07, 6.45) is 3.99. The van der Waals surface area contributed by atoms with E-state index in [0.717, 1.165) is 55.5 Å². The minimum atomic E-state index is -0.712. The SMILES string of the molecule is Cc1cc2cc(NC(CC(=O)c3ccc(C(N)=O)cc3)=N[C@H]3CCCCN(CC(=O)N4CCCC4)C3=O)ccc2o1. The standard InChI is InChI=1S/C31H35N5O5/c1-20-16-23-17-24(11-12-27(23)41-20)33-28(18-26(37)21-7-9-22(10-8-21)30(32)39)34-25-6-2-3-15-36(31(25)40)19-29(38)35-13-4-5-14-35/h7-12,16-17,25H,2-6,13-15,18-19H2,1H3,(H2,32,39)(H,33,34)/t25-/m0/s1. The number of Topliss-reactive ketones (excluding diaryl/α,β-unsaturated/α-hetero) is 1. The summed E-state index contributed by atoms with van der Waals surface area (Å²) in [7, 11) is 0. The van der Waals surface area contributed by atoms with E-state index in [-0.39, 0.29) is 30.6 Å². The number of fused-ring (bicyclic) bond motifs is 1. The number of nitrogens with one attached hydrogen (secondary N) is 1. The first-order valence-electron chi connectivity index (χ1n) is 14.1. The zero-order valence-electron chi connectivity index (χ0n) is 23.2. The number of nitrogens with two attached hydrogens (primary N) is 1. The van der Waals surface area contributed by atoms with E-state index in [1.165, 1.54) is 12.1 Å². The summed E-state index contributed by atoms with van der Waals surface area (Å²) in [5.74, 6) is 0.102. The Balaban J connectivity index is 1.40. The van der Waals surface area contributed by atoms with Gasteiger partial charge in [-0.2, -0.15) is 0 Å². The molecule has 0 unspecified atom stereocenters. The van der Waals surface area contributed by atoms with Crippen molar-refractivity contribution in [1.29, 1.82) is 0 Å². The lowest BCUT2D eigenvalue weighted by molar-refractivity contribution is -0.140. The number of anilines is 1. The van der Waals surface area contributed by atoms with Crippen molar-refractivity contribution in [3.8, 4) is 0 Å².